The quantitative estimate of drug-likeness (QED) is 0.106. The van der Waals surface area contributed by atoms with Crippen LogP contribution in [-0.4, -0.2) is 58.6 Å². The van der Waals surface area contributed by atoms with Crippen LogP contribution >= 0.6 is 0 Å². The van der Waals surface area contributed by atoms with E-state index in [0.717, 1.165) is 12.1 Å². The smallest absolute Gasteiger partial charge is 0.414 e. The molecule has 3 atom stereocenters. The largest absolute Gasteiger partial charge is 0.450 e. The first kappa shape index (κ1) is 38.5. The average molecular weight is 780 g/mol. The van der Waals surface area contributed by atoms with E-state index in [9.17, 15) is 32.3 Å². The van der Waals surface area contributed by atoms with Crippen molar-refractivity contribution in [2.75, 3.05) is 11.9 Å². The lowest BCUT2D eigenvalue weighted by Gasteiger charge is -2.21. The zero-order chi connectivity index (χ0) is 40.3. The summed E-state index contributed by atoms with van der Waals surface area (Å²) in [5, 5.41) is 24.7. The zero-order valence-electron chi connectivity index (χ0n) is 30.5. The molecule has 0 spiro atoms. The number of Topliss-reactive ketones (excluding diaryl/α,β-unsaturated/α-hetero) is 1. The van der Waals surface area contributed by atoms with Crippen LogP contribution in [-0.2, 0) is 33.8 Å². The fourth-order valence-corrected chi connectivity index (χ4v) is 7.48. The molecular formula is C39H35F6N7O4. The van der Waals surface area contributed by atoms with Gasteiger partial charge in [-0.2, -0.15) is 13.9 Å². The fraction of sp³-hybridized carbons (Fsp3) is 0.385. The molecule has 4 heterocycles. The highest BCUT2D eigenvalue weighted by atomic mass is 19.3. The number of hydrogen-bond donors (Lipinski definition) is 2. The highest BCUT2D eigenvalue weighted by Crippen LogP contribution is 2.71. The van der Waals surface area contributed by atoms with Crippen molar-refractivity contribution in [3.05, 3.63) is 94.2 Å². The Balaban J connectivity index is 1.33. The molecule has 2 aliphatic rings. The fourth-order valence-electron chi connectivity index (χ4n) is 7.48. The molecule has 1 fully saturated rings. The van der Waals surface area contributed by atoms with E-state index in [2.05, 4.69) is 32.5 Å². The Morgan fingerprint density at radius 2 is 1.82 bits per heavy atom. The second-order valence-electron chi connectivity index (χ2n) is 14.7. The van der Waals surface area contributed by atoms with Gasteiger partial charge in [-0.3, -0.25) is 19.2 Å². The predicted octanol–water partition coefficient (Wildman–Crippen LogP) is 7.26. The number of nitrogens with one attached hydrogen (secondary N) is 1. The summed E-state index contributed by atoms with van der Waals surface area (Å²) in [5.41, 5.74) is -2.66. The highest BCUT2D eigenvalue weighted by molar-refractivity contribution is 5.83. The molecule has 0 unspecified atom stereocenters. The van der Waals surface area contributed by atoms with Crippen LogP contribution in [0.5, 0.6) is 0 Å². The summed E-state index contributed by atoms with van der Waals surface area (Å²) in [7, 11) is 0. The van der Waals surface area contributed by atoms with Gasteiger partial charge >= 0.3 is 6.09 Å². The van der Waals surface area contributed by atoms with Gasteiger partial charge in [-0.25, -0.2) is 27.3 Å². The summed E-state index contributed by atoms with van der Waals surface area (Å²) < 4.78 is 95.6. The molecular weight excluding hydrogens is 744 g/mol. The van der Waals surface area contributed by atoms with Crippen molar-refractivity contribution in [1.82, 2.24) is 29.4 Å². The molecule has 4 aromatic heterocycles. The minimum atomic E-state index is -3.49. The number of carbonyl (C=O) groups excluding carboxylic acids is 2. The van der Waals surface area contributed by atoms with Gasteiger partial charge in [-0.05, 0) is 81.5 Å². The Morgan fingerprint density at radius 1 is 1.09 bits per heavy atom. The van der Waals surface area contributed by atoms with Crippen LogP contribution in [0.1, 0.15) is 86.8 Å². The number of anilines is 1. The second-order valence-corrected chi connectivity index (χ2v) is 14.7. The van der Waals surface area contributed by atoms with Gasteiger partial charge in [0.15, 0.2) is 11.4 Å². The standard InChI is InChI=1S/C39H35F6N7O4/c1-5-56-36(54)47-35-49-48-29-9-6-21(18-51(29)35)27-8-7-25(10-11-37(2,3)55)46-31(27)22(12-20-13-23(40)16-24(41)14-20)15-26(53)19-52-33-30(32(50-52)34(42)43)38(4)17-28(38)39(33,44)45/h6-9,13-14,16,18,22,28,34,55H,5,12,15,17,19H2,1-4H3,(H,47,49,54)/t22-,28-,38+/m1/s1. The van der Waals surface area contributed by atoms with Crippen molar-refractivity contribution in [2.45, 2.75) is 82.8 Å². The Hall–Kier alpha value is -5.76. The summed E-state index contributed by atoms with van der Waals surface area (Å²) >= 11 is 0. The van der Waals surface area contributed by atoms with Gasteiger partial charge < -0.3 is 9.84 Å². The molecule has 0 radical (unpaired) electrons. The number of aromatic nitrogens is 6. The van der Waals surface area contributed by atoms with Gasteiger partial charge in [0.1, 0.15) is 40.9 Å². The number of benzene rings is 1. The molecule has 0 bridgehead atoms. The average Bonchev–Trinajstić information content (AvgIpc) is 3.37. The van der Waals surface area contributed by atoms with Gasteiger partial charge in [0.05, 0.1) is 12.3 Å². The van der Waals surface area contributed by atoms with E-state index >= 15 is 8.78 Å². The number of alkyl halides is 4. The second kappa shape index (κ2) is 14.1. The van der Waals surface area contributed by atoms with Gasteiger partial charge in [-0.1, -0.05) is 12.8 Å². The van der Waals surface area contributed by atoms with Gasteiger partial charge in [0.25, 0.3) is 12.3 Å². The summed E-state index contributed by atoms with van der Waals surface area (Å²) in [6.07, 6.45) is -3.00. The van der Waals surface area contributed by atoms with Crippen LogP contribution in [0, 0.1) is 29.4 Å². The molecule has 0 saturated heterocycles. The number of rotatable bonds is 11. The normalized spacial score (nSPS) is 18.6. The number of fused-ring (bicyclic) bond motifs is 4. The Morgan fingerprint density at radius 3 is 2.50 bits per heavy atom. The van der Waals surface area contributed by atoms with E-state index in [4.69, 9.17) is 9.72 Å². The van der Waals surface area contributed by atoms with Gasteiger partial charge in [0.2, 0.25) is 5.95 Å². The van der Waals surface area contributed by atoms with Crippen LogP contribution in [0.25, 0.3) is 16.8 Å². The molecule has 17 heteroatoms. The van der Waals surface area contributed by atoms with Crippen molar-refractivity contribution in [1.29, 1.82) is 0 Å². The molecule has 11 nitrogen and oxygen atoms in total. The minimum Gasteiger partial charge on any atom is -0.450 e. The molecule has 56 heavy (non-hydrogen) atoms. The molecule has 5 aromatic rings. The summed E-state index contributed by atoms with van der Waals surface area (Å²) in [6.45, 7) is 5.35. The number of carbonyl (C=O) groups is 2. The number of nitrogens with zero attached hydrogens (tertiary/aromatic N) is 6. The lowest BCUT2D eigenvalue weighted by molar-refractivity contribution is -0.120. The molecule has 7 rings (SSSR count). The van der Waals surface area contributed by atoms with Crippen molar-refractivity contribution < 1.29 is 45.8 Å². The van der Waals surface area contributed by atoms with Crippen LogP contribution in [0.4, 0.5) is 37.1 Å². The van der Waals surface area contributed by atoms with Crippen molar-refractivity contribution in [3.63, 3.8) is 0 Å². The maximum atomic E-state index is 15.6. The van der Waals surface area contributed by atoms with Crippen molar-refractivity contribution >= 4 is 23.5 Å². The van der Waals surface area contributed by atoms with Crippen LogP contribution in [0.2, 0.25) is 0 Å². The third-order valence-corrected chi connectivity index (χ3v) is 9.96. The Bertz CT molecular complexity index is 2430. The zero-order valence-corrected chi connectivity index (χ0v) is 30.5. The maximum absolute atomic E-state index is 15.6. The van der Waals surface area contributed by atoms with Gasteiger partial charge in [0, 0.05) is 52.6 Å². The van der Waals surface area contributed by atoms with E-state index in [1.807, 2.05) is 0 Å². The Labute approximate surface area is 316 Å². The monoisotopic (exact) mass is 779 g/mol. The first-order valence-electron chi connectivity index (χ1n) is 17.7. The van der Waals surface area contributed by atoms with E-state index in [1.54, 1.807) is 37.4 Å². The topological polar surface area (TPSA) is 137 Å². The summed E-state index contributed by atoms with van der Waals surface area (Å²) in [4.78, 5) is 31.0. The molecule has 1 aromatic carbocycles. The summed E-state index contributed by atoms with van der Waals surface area (Å²) in [6, 6.07) is 9.29. The Kier molecular flexibility index (Phi) is 9.68. The first-order valence-corrected chi connectivity index (χ1v) is 17.7. The lowest BCUT2D eigenvalue weighted by atomic mass is 9.86. The first-order chi connectivity index (χ1) is 26.4. The lowest BCUT2D eigenvalue weighted by Crippen LogP contribution is -2.24. The van der Waals surface area contributed by atoms with E-state index in [1.165, 1.54) is 25.2 Å². The molecule has 1 amide bonds. The van der Waals surface area contributed by atoms with E-state index in [-0.39, 0.29) is 47.9 Å². The maximum Gasteiger partial charge on any atom is 0.414 e. The minimum absolute atomic E-state index is 0.0150. The number of hydrogen-bond acceptors (Lipinski definition) is 8. The number of aliphatic hydroxyl groups is 1. The third kappa shape index (κ3) is 7.32. The van der Waals surface area contributed by atoms with Crippen LogP contribution in [0.15, 0.2) is 48.7 Å². The van der Waals surface area contributed by atoms with Crippen LogP contribution in [0.3, 0.4) is 0 Å². The van der Waals surface area contributed by atoms with E-state index in [0.29, 0.717) is 27.5 Å². The molecule has 292 valence electrons. The SMILES string of the molecule is CCOC(=O)Nc1nnc2ccc(-c3ccc(C#CC(C)(C)O)nc3[C@@H](CC(=O)Cn3nc(C(F)F)c4c3C(F)(F)[C@@H]3C[C@]43C)Cc3cc(F)cc(F)c3)cn12. The molecule has 1 saturated carbocycles. The van der Waals surface area contributed by atoms with Crippen molar-refractivity contribution in [2.24, 2.45) is 5.92 Å². The number of halogens is 6. The summed E-state index contributed by atoms with van der Waals surface area (Å²) in [5.74, 6) is -2.68. The number of pyridine rings is 2. The van der Waals surface area contributed by atoms with E-state index < -0.39 is 83.1 Å². The number of ketones is 1. The molecule has 2 N–H and O–H groups in total. The van der Waals surface area contributed by atoms with Crippen LogP contribution < -0.4 is 5.32 Å². The third-order valence-electron chi connectivity index (χ3n) is 9.96. The predicted molar refractivity (Wildman–Crippen MR) is 189 cm³/mol. The number of ether oxygens (including phenoxy) is 1. The number of amides is 1. The molecule has 2 aliphatic carbocycles. The van der Waals surface area contributed by atoms with Crippen molar-refractivity contribution in [3.8, 4) is 23.0 Å². The molecule has 0 aliphatic heterocycles. The van der Waals surface area contributed by atoms with Gasteiger partial charge in [-0.15, -0.1) is 10.2 Å². The highest BCUT2D eigenvalue weighted by Gasteiger charge is 2.74.